The highest BCUT2D eigenvalue weighted by atomic mass is 16.6. The minimum atomic E-state index is -1.00. The van der Waals surface area contributed by atoms with Crippen molar-refractivity contribution in [1.29, 1.82) is 0 Å². The van der Waals surface area contributed by atoms with E-state index >= 15 is 0 Å². The predicted molar refractivity (Wildman–Crippen MR) is 160 cm³/mol. The highest BCUT2D eigenvalue weighted by Gasteiger charge is 2.50. The van der Waals surface area contributed by atoms with Crippen LogP contribution in [0.4, 0.5) is 0 Å². The van der Waals surface area contributed by atoms with E-state index in [1.807, 2.05) is 24.3 Å². The van der Waals surface area contributed by atoms with Gasteiger partial charge in [0, 0.05) is 6.42 Å². The number of methoxy groups -OCH3 is 1. The van der Waals surface area contributed by atoms with Crippen molar-refractivity contribution in [1.82, 2.24) is 25.9 Å². The van der Waals surface area contributed by atoms with Crippen LogP contribution >= 0.6 is 0 Å². The number of aromatic amines is 1. The summed E-state index contributed by atoms with van der Waals surface area (Å²) in [7, 11) is 1.57. The predicted octanol–water partition coefficient (Wildman–Crippen LogP) is 2.84. The highest BCUT2D eigenvalue weighted by molar-refractivity contribution is 5.99. The van der Waals surface area contributed by atoms with Crippen LogP contribution in [0.5, 0.6) is 5.75 Å². The minimum Gasteiger partial charge on any atom is -0.497 e. The first-order valence-electron chi connectivity index (χ1n) is 14.8. The van der Waals surface area contributed by atoms with E-state index in [0.717, 1.165) is 31.2 Å². The van der Waals surface area contributed by atoms with E-state index in [-0.39, 0.29) is 18.0 Å². The monoisotopic (exact) mass is 589 g/mol. The molecule has 228 valence electrons. The number of aromatic nitrogens is 2. The molecule has 4 atom stereocenters. The molecular formula is C32H39N5O6. The fourth-order valence-corrected chi connectivity index (χ4v) is 5.60. The number of hydrogen-bond donors (Lipinski definition) is 4. The second-order valence-electron chi connectivity index (χ2n) is 11.7. The topological polar surface area (TPSA) is 155 Å². The molecule has 11 nitrogen and oxygen atoms in total. The number of carbonyl (C=O) groups excluding carboxylic acids is 4. The summed E-state index contributed by atoms with van der Waals surface area (Å²) < 4.78 is 10.7. The molecule has 2 heterocycles. The third-order valence-electron chi connectivity index (χ3n) is 8.35. The van der Waals surface area contributed by atoms with Crippen LogP contribution in [0, 0.1) is 5.92 Å². The summed E-state index contributed by atoms with van der Waals surface area (Å²) in [6, 6.07) is 11.7. The summed E-state index contributed by atoms with van der Waals surface area (Å²) in [5.74, 6) is -0.619. The molecule has 5 rings (SSSR count). The number of epoxide rings is 1. The Morgan fingerprint density at radius 1 is 1.00 bits per heavy atom. The van der Waals surface area contributed by atoms with Crippen molar-refractivity contribution in [3.05, 3.63) is 59.9 Å². The smallest absolute Gasteiger partial charge is 0.287 e. The Balaban J connectivity index is 1.30. The maximum absolute atomic E-state index is 13.8. The third kappa shape index (κ3) is 7.40. The lowest BCUT2D eigenvalue weighted by Gasteiger charge is -2.26. The zero-order chi connectivity index (χ0) is 30.6. The van der Waals surface area contributed by atoms with E-state index in [1.165, 1.54) is 6.92 Å². The van der Waals surface area contributed by atoms with Crippen molar-refractivity contribution in [2.45, 2.75) is 76.1 Å². The molecule has 2 aromatic carbocycles. The number of fused-ring (bicyclic) bond motifs is 1. The van der Waals surface area contributed by atoms with Crippen LogP contribution in [-0.4, -0.2) is 70.9 Å². The van der Waals surface area contributed by atoms with Gasteiger partial charge in [-0.3, -0.25) is 19.2 Å². The molecule has 0 bridgehead atoms. The Bertz CT molecular complexity index is 1440. The Kier molecular flexibility index (Phi) is 9.10. The lowest BCUT2D eigenvalue weighted by molar-refractivity contribution is -0.133. The summed E-state index contributed by atoms with van der Waals surface area (Å²) in [5, 5.41) is 8.40. The average Bonchev–Trinajstić information content (AvgIpc) is 3.36. The van der Waals surface area contributed by atoms with E-state index in [0.29, 0.717) is 35.7 Å². The van der Waals surface area contributed by atoms with Crippen LogP contribution < -0.4 is 20.7 Å². The molecule has 2 aliphatic rings. The molecule has 2 fully saturated rings. The van der Waals surface area contributed by atoms with Crippen LogP contribution in [0.3, 0.4) is 0 Å². The number of carbonyl (C=O) groups is 4. The molecule has 1 aliphatic carbocycles. The summed E-state index contributed by atoms with van der Waals surface area (Å²) in [6.45, 7) is 3.61. The molecule has 4 N–H and O–H groups in total. The Morgan fingerprint density at radius 3 is 2.33 bits per heavy atom. The Labute approximate surface area is 250 Å². The number of benzene rings is 2. The first kappa shape index (κ1) is 30.2. The second kappa shape index (κ2) is 12.9. The van der Waals surface area contributed by atoms with Gasteiger partial charge in [0.15, 0.2) is 11.6 Å². The van der Waals surface area contributed by atoms with Gasteiger partial charge in [0.1, 0.15) is 23.4 Å². The van der Waals surface area contributed by atoms with Crippen molar-refractivity contribution >= 4 is 34.5 Å². The fraction of sp³-hybridized carbons (Fsp3) is 0.469. The quantitative estimate of drug-likeness (QED) is 0.224. The van der Waals surface area contributed by atoms with Crippen LogP contribution in [0.2, 0.25) is 0 Å². The van der Waals surface area contributed by atoms with Crippen LogP contribution in [0.15, 0.2) is 48.5 Å². The molecule has 4 unspecified atom stereocenters. The maximum Gasteiger partial charge on any atom is 0.287 e. The number of nitrogens with zero attached hydrogens (tertiary/aromatic N) is 1. The lowest BCUT2D eigenvalue weighted by atomic mass is 9.90. The molecule has 0 spiro atoms. The normalized spacial score (nSPS) is 20.2. The van der Waals surface area contributed by atoms with E-state index in [1.54, 1.807) is 38.3 Å². The van der Waals surface area contributed by atoms with Crippen LogP contribution in [0.25, 0.3) is 11.0 Å². The Morgan fingerprint density at radius 2 is 1.67 bits per heavy atom. The van der Waals surface area contributed by atoms with E-state index < -0.39 is 41.4 Å². The average molecular weight is 590 g/mol. The highest BCUT2D eigenvalue weighted by Crippen LogP contribution is 2.33. The van der Waals surface area contributed by atoms with Gasteiger partial charge in [0.05, 0.1) is 30.8 Å². The SMILES string of the molecule is COc1ccc(CC(NC(=O)C(C)NC(=O)c2nc3ccccc3[nH]2)C(=O)NC(CC2CCCC2)C(=O)C2(C)CO2)cc1. The van der Waals surface area contributed by atoms with Crippen molar-refractivity contribution in [3.63, 3.8) is 0 Å². The molecule has 1 aromatic heterocycles. The van der Waals surface area contributed by atoms with Gasteiger partial charge in [-0.2, -0.15) is 0 Å². The number of imidazole rings is 1. The summed E-state index contributed by atoms with van der Waals surface area (Å²) in [6.07, 6.45) is 4.97. The van der Waals surface area contributed by atoms with Crippen molar-refractivity contribution in [2.24, 2.45) is 5.92 Å². The number of ether oxygens (including phenoxy) is 2. The zero-order valence-corrected chi connectivity index (χ0v) is 24.8. The zero-order valence-electron chi connectivity index (χ0n) is 24.8. The lowest BCUT2D eigenvalue weighted by Crippen LogP contribution is -2.57. The largest absolute Gasteiger partial charge is 0.497 e. The summed E-state index contributed by atoms with van der Waals surface area (Å²) >= 11 is 0. The summed E-state index contributed by atoms with van der Waals surface area (Å²) in [4.78, 5) is 60.5. The first-order valence-corrected chi connectivity index (χ1v) is 14.8. The number of para-hydroxylation sites is 2. The van der Waals surface area contributed by atoms with Gasteiger partial charge in [-0.25, -0.2) is 4.98 Å². The maximum atomic E-state index is 13.8. The molecular weight excluding hydrogens is 550 g/mol. The van der Waals surface area contributed by atoms with Gasteiger partial charge in [0.25, 0.3) is 5.91 Å². The minimum absolute atomic E-state index is 0.0810. The number of H-pyrrole nitrogens is 1. The molecule has 3 amide bonds. The molecule has 1 saturated carbocycles. The Hall–Kier alpha value is -4.25. The number of Topliss-reactive ketones (excluding diaryl/α,β-unsaturated/α-hetero) is 1. The van der Waals surface area contributed by atoms with Gasteiger partial charge >= 0.3 is 0 Å². The second-order valence-corrected chi connectivity index (χ2v) is 11.7. The van der Waals surface area contributed by atoms with Gasteiger partial charge in [-0.15, -0.1) is 0 Å². The molecule has 3 aromatic rings. The molecule has 1 aliphatic heterocycles. The number of rotatable bonds is 13. The van der Waals surface area contributed by atoms with E-state index in [2.05, 4.69) is 25.9 Å². The number of hydrogen-bond acceptors (Lipinski definition) is 7. The van der Waals surface area contributed by atoms with Gasteiger partial charge in [-0.05, 0) is 56.0 Å². The number of ketones is 1. The van der Waals surface area contributed by atoms with E-state index in [9.17, 15) is 19.2 Å². The number of amides is 3. The fourth-order valence-electron chi connectivity index (χ4n) is 5.60. The first-order chi connectivity index (χ1) is 20.6. The van der Waals surface area contributed by atoms with E-state index in [4.69, 9.17) is 9.47 Å². The van der Waals surface area contributed by atoms with Gasteiger partial charge in [-0.1, -0.05) is 49.9 Å². The van der Waals surface area contributed by atoms with Crippen LogP contribution in [-0.2, 0) is 25.5 Å². The molecule has 11 heteroatoms. The van der Waals surface area contributed by atoms with Gasteiger partial charge < -0.3 is 30.4 Å². The van der Waals surface area contributed by atoms with Crippen molar-refractivity contribution in [3.8, 4) is 5.75 Å². The van der Waals surface area contributed by atoms with Crippen molar-refractivity contribution < 1.29 is 28.7 Å². The van der Waals surface area contributed by atoms with Crippen molar-refractivity contribution in [2.75, 3.05) is 13.7 Å². The third-order valence-corrected chi connectivity index (χ3v) is 8.35. The standard InChI is InChI=1S/C32H39N5O6/c1-19(33-31(41)28-34-23-10-6-7-11-24(23)35-28)29(39)37-26(17-21-12-14-22(42-3)15-13-21)30(40)36-25(16-20-8-4-5-9-20)27(38)32(2)18-43-32/h6-7,10-15,19-20,25-26H,4-5,8-9,16-18H2,1-3H3,(H,33,41)(H,34,35)(H,36,40)(H,37,39). The summed E-state index contributed by atoms with van der Waals surface area (Å²) in [5.41, 5.74) is 1.23. The van der Waals surface area contributed by atoms with Gasteiger partial charge in [0.2, 0.25) is 11.8 Å². The molecule has 1 saturated heterocycles. The van der Waals surface area contributed by atoms with Crippen LogP contribution in [0.1, 0.15) is 62.1 Å². The molecule has 0 radical (unpaired) electrons. The molecule has 43 heavy (non-hydrogen) atoms. The number of nitrogens with one attached hydrogen (secondary N) is 4.